The van der Waals surface area contributed by atoms with Gasteiger partial charge in [0.15, 0.2) is 5.96 Å². The lowest BCUT2D eigenvalue weighted by atomic mass is 10.0. The molecule has 0 spiro atoms. The number of aliphatic carboxylic acids is 1. The summed E-state index contributed by atoms with van der Waals surface area (Å²) >= 11 is 0. The van der Waals surface area contributed by atoms with Gasteiger partial charge in [-0.05, 0) is 41.7 Å². The highest BCUT2D eigenvalue weighted by atomic mass is 16.4. The molecule has 3 amide bonds. The molecular formula is C37H43N9O5. The maximum absolute atomic E-state index is 14.1. The fourth-order valence-electron chi connectivity index (χ4n) is 5.98. The molecule has 0 saturated carbocycles. The number of rotatable bonds is 17. The Balaban J connectivity index is 1.37. The van der Waals surface area contributed by atoms with Crippen molar-refractivity contribution < 1.29 is 24.3 Å². The second kappa shape index (κ2) is 17.0. The van der Waals surface area contributed by atoms with Crippen molar-refractivity contribution in [1.29, 1.82) is 0 Å². The van der Waals surface area contributed by atoms with Gasteiger partial charge in [0.2, 0.25) is 17.7 Å². The zero-order valence-corrected chi connectivity index (χ0v) is 28.0. The van der Waals surface area contributed by atoms with E-state index in [-0.39, 0.29) is 38.2 Å². The number of hydrogen-bond donors (Lipinski definition) is 9. The van der Waals surface area contributed by atoms with Crippen LogP contribution in [0.25, 0.3) is 21.8 Å². The van der Waals surface area contributed by atoms with Crippen molar-refractivity contribution in [3.05, 3.63) is 108 Å². The Morgan fingerprint density at radius 3 is 1.73 bits per heavy atom. The van der Waals surface area contributed by atoms with E-state index in [1.54, 1.807) is 36.7 Å². The van der Waals surface area contributed by atoms with Crippen LogP contribution in [0.2, 0.25) is 0 Å². The van der Waals surface area contributed by atoms with Crippen LogP contribution in [-0.4, -0.2) is 75.4 Å². The molecule has 2 aromatic heterocycles. The first-order valence-electron chi connectivity index (χ1n) is 16.7. The molecule has 12 N–H and O–H groups in total. The van der Waals surface area contributed by atoms with Crippen LogP contribution in [-0.2, 0) is 38.4 Å². The minimum Gasteiger partial charge on any atom is -0.480 e. The predicted octanol–water partition coefficient (Wildman–Crippen LogP) is 1.60. The van der Waals surface area contributed by atoms with E-state index in [1.807, 2.05) is 54.6 Å². The number of aromatic nitrogens is 2. The van der Waals surface area contributed by atoms with E-state index in [0.717, 1.165) is 38.5 Å². The minimum atomic E-state index is -1.29. The molecule has 0 saturated heterocycles. The standard InChI is InChI=1S/C37H43N9O5/c38-27(13-8-16-41-37(39)40)33(47)44-31(18-23-20-42-28-14-6-4-11-25(23)28)35(49)45-30(17-22-9-2-1-3-10-22)34(48)46-32(36(50)51)19-24-21-43-29-15-7-5-12-26(24)29/h1-7,9-12,14-15,20-21,27,30-32,42-43H,8,13,16-19,38H2,(H,44,47)(H,45,49)(H,46,48)(H,50,51)(H4,39,40,41). The summed E-state index contributed by atoms with van der Waals surface area (Å²) in [5, 5.41) is 20.1. The van der Waals surface area contributed by atoms with Crippen LogP contribution in [0.4, 0.5) is 0 Å². The summed E-state index contributed by atoms with van der Waals surface area (Å²) in [4.78, 5) is 63.9. The van der Waals surface area contributed by atoms with Gasteiger partial charge >= 0.3 is 5.97 Å². The monoisotopic (exact) mass is 693 g/mol. The van der Waals surface area contributed by atoms with Gasteiger partial charge in [0.05, 0.1) is 6.04 Å². The fourth-order valence-corrected chi connectivity index (χ4v) is 5.98. The lowest BCUT2D eigenvalue weighted by molar-refractivity contribution is -0.142. The van der Waals surface area contributed by atoms with Crippen LogP contribution < -0.4 is 33.2 Å². The molecule has 0 aliphatic rings. The first kappa shape index (κ1) is 36.1. The molecule has 0 aliphatic carbocycles. The number of benzene rings is 3. The van der Waals surface area contributed by atoms with Gasteiger partial charge < -0.3 is 48.2 Å². The normalized spacial score (nSPS) is 13.5. The molecule has 3 aromatic carbocycles. The highest BCUT2D eigenvalue weighted by Gasteiger charge is 2.31. The Morgan fingerprint density at radius 2 is 1.16 bits per heavy atom. The third kappa shape index (κ3) is 9.73. The molecule has 0 radical (unpaired) electrons. The SMILES string of the molecule is NC(N)=NCCCC(N)C(=O)NC(Cc1c[nH]c2ccccc12)C(=O)NC(Cc1ccccc1)C(=O)NC(Cc1c[nH]c2ccccc12)C(=O)O. The minimum absolute atomic E-state index is 0.0113. The van der Waals surface area contributed by atoms with Gasteiger partial charge in [-0.1, -0.05) is 66.7 Å². The summed E-state index contributed by atoms with van der Waals surface area (Å²) in [6.45, 7) is 0.288. The van der Waals surface area contributed by atoms with Crippen molar-refractivity contribution in [3.63, 3.8) is 0 Å². The number of aromatic amines is 2. The molecule has 51 heavy (non-hydrogen) atoms. The molecule has 14 nitrogen and oxygen atoms in total. The number of carbonyl (C=O) groups is 4. The van der Waals surface area contributed by atoms with Gasteiger partial charge in [-0.2, -0.15) is 0 Å². The number of aliphatic imine (C=N–C) groups is 1. The van der Waals surface area contributed by atoms with Gasteiger partial charge in [0.25, 0.3) is 0 Å². The number of fused-ring (bicyclic) bond motifs is 2. The molecule has 2 heterocycles. The van der Waals surface area contributed by atoms with E-state index in [2.05, 4.69) is 30.9 Å². The van der Waals surface area contributed by atoms with Crippen LogP contribution in [0.1, 0.15) is 29.5 Å². The highest BCUT2D eigenvalue weighted by molar-refractivity contribution is 5.95. The summed E-state index contributed by atoms with van der Waals surface area (Å²) < 4.78 is 0. The lowest BCUT2D eigenvalue weighted by Crippen LogP contribution is -2.58. The fraction of sp³-hybridized carbons (Fsp3) is 0.270. The molecular weight excluding hydrogens is 650 g/mol. The summed E-state index contributed by atoms with van der Waals surface area (Å²) in [6, 6.07) is 19.5. The molecule has 5 aromatic rings. The maximum atomic E-state index is 14.1. The van der Waals surface area contributed by atoms with Crippen LogP contribution >= 0.6 is 0 Å². The molecule has 5 rings (SSSR count). The Kier molecular flexibility index (Phi) is 12.0. The Labute approximate surface area is 294 Å². The largest absolute Gasteiger partial charge is 0.480 e. The average molecular weight is 694 g/mol. The van der Waals surface area contributed by atoms with Gasteiger partial charge in [-0.15, -0.1) is 0 Å². The topological polar surface area (TPSA) is 247 Å². The number of guanidine groups is 1. The van der Waals surface area contributed by atoms with Gasteiger partial charge in [-0.25, -0.2) is 4.79 Å². The van der Waals surface area contributed by atoms with E-state index in [4.69, 9.17) is 17.2 Å². The van der Waals surface area contributed by atoms with E-state index >= 15 is 0 Å². The summed E-state index contributed by atoms with van der Waals surface area (Å²) in [7, 11) is 0. The number of para-hydroxylation sites is 2. The smallest absolute Gasteiger partial charge is 0.326 e. The summed E-state index contributed by atoms with van der Waals surface area (Å²) in [6.07, 6.45) is 4.35. The number of nitrogens with two attached hydrogens (primary N) is 3. The maximum Gasteiger partial charge on any atom is 0.326 e. The van der Waals surface area contributed by atoms with E-state index in [0.29, 0.717) is 6.42 Å². The van der Waals surface area contributed by atoms with Crippen molar-refractivity contribution in [3.8, 4) is 0 Å². The zero-order valence-electron chi connectivity index (χ0n) is 28.0. The van der Waals surface area contributed by atoms with Gasteiger partial charge in [-0.3, -0.25) is 19.4 Å². The number of carboxylic acids is 1. The van der Waals surface area contributed by atoms with Crippen LogP contribution in [0.5, 0.6) is 0 Å². The molecule has 4 atom stereocenters. The Morgan fingerprint density at radius 1 is 0.667 bits per heavy atom. The van der Waals surface area contributed by atoms with E-state index < -0.39 is 47.9 Å². The zero-order chi connectivity index (χ0) is 36.3. The van der Waals surface area contributed by atoms with Crippen LogP contribution in [0.15, 0.2) is 96.2 Å². The molecule has 266 valence electrons. The molecule has 0 fully saturated rings. The van der Waals surface area contributed by atoms with Crippen LogP contribution in [0.3, 0.4) is 0 Å². The quantitative estimate of drug-likeness (QED) is 0.0392. The number of H-pyrrole nitrogens is 2. The molecule has 0 aliphatic heterocycles. The third-order valence-electron chi connectivity index (χ3n) is 8.67. The first-order valence-corrected chi connectivity index (χ1v) is 16.7. The molecule has 4 unspecified atom stereocenters. The van der Waals surface area contributed by atoms with Gasteiger partial charge in [0, 0.05) is 60.0 Å². The third-order valence-corrected chi connectivity index (χ3v) is 8.67. The first-order chi connectivity index (χ1) is 24.6. The second-order valence-corrected chi connectivity index (χ2v) is 12.4. The number of nitrogens with zero attached hydrogens (tertiary/aromatic N) is 1. The van der Waals surface area contributed by atoms with Crippen molar-refractivity contribution in [2.24, 2.45) is 22.2 Å². The highest BCUT2D eigenvalue weighted by Crippen LogP contribution is 2.21. The van der Waals surface area contributed by atoms with Crippen molar-refractivity contribution in [2.45, 2.75) is 56.3 Å². The average Bonchev–Trinajstić information content (AvgIpc) is 3.73. The van der Waals surface area contributed by atoms with Crippen molar-refractivity contribution >= 4 is 51.5 Å². The number of hydrogen-bond acceptors (Lipinski definition) is 6. The predicted molar refractivity (Wildman–Crippen MR) is 195 cm³/mol. The number of carboxylic acid groups (broad SMARTS) is 1. The number of carbonyl (C=O) groups excluding carboxylic acids is 3. The van der Waals surface area contributed by atoms with Crippen molar-refractivity contribution in [2.75, 3.05) is 6.54 Å². The number of amides is 3. The summed E-state index contributed by atoms with van der Waals surface area (Å²) in [5.74, 6) is -3.18. The van der Waals surface area contributed by atoms with E-state index in [9.17, 15) is 24.3 Å². The number of nitrogens with one attached hydrogen (secondary N) is 5. The van der Waals surface area contributed by atoms with Gasteiger partial charge in [0.1, 0.15) is 18.1 Å². The van der Waals surface area contributed by atoms with Crippen molar-refractivity contribution in [1.82, 2.24) is 25.9 Å². The Bertz CT molecular complexity index is 2000. The molecule has 14 heteroatoms. The Hall–Kier alpha value is -6.15. The van der Waals surface area contributed by atoms with Crippen LogP contribution in [0, 0.1) is 0 Å². The van der Waals surface area contributed by atoms with E-state index in [1.165, 1.54) is 0 Å². The molecule has 0 bridgehead atoms. The summed E-state index contributed by atoms with van der Waals surface area (Å²) in [5.41, 5.74) is 20.9. The lowest BCUT2D eigenvalue weighted by Gasteiger charge is -2.25. The second-order valence-electron chi connectivity index (χ2n) is 12.4.